The van der Waals surface area contributed by atoms with Gasteiger partial charge in [-0.3, -0.25) is 0 Å². The van der Waals surface area contributed by atoms with Crippen molar-refractivity contribution < 1.29 is 4.39 Å². The Morgan fingerprint density at radius 3 is 2.65 bits per heavy atom. The van der Waals surface area contributed by atoms with E-state index in [1.165, 1.54) is 6.07 Å². The van der Waals surface area contributed by atoms with Crippen LogP contribution in [0.25, 0.3) is 0 Å². The molecule has 0 fully saturated rings. The maximum atomic E-state index is 13.1. The van der Waals surface area contributed by atoms with Crippen molar-refractivity contribution in [3.05, 3.63) is 59.4 Å². The minimum absolute atomic E-state index is 0.232. The number of hydrogen-bond acceptors (Lipinski definition) is 2. The molecule has 0 heterocycles. The zero-order valence-corrected chi connectivity index (χ0v) is 9.37. The van der Waals surface area contributed by atoms with Gasteiger partial charge >= 0.3 is 0 Å². The first-order valence-electron chi connectivity index (χ1n) is 5.23. The van der Waals surface area contributed by atoms with E-state index in [9.17, 15) is 4.39 Å². The Kier molecular flexibility index (Phi) is 3.06. The molecule has 0 amide bonds. The zero-order valence-electron chi connectivity index (χ0n) is 9.37. The monoisotopic (exact) mass is 226 g/mol. The van der Waals surface area contributed by atoms with Gasteiger partial charge in [0.1, 0.15) is 11.9 Å². The fourth-order valence-corrected chi connectivity index (χ4v) is 1.57. The molecule has 0 saturated carbocycles. The van der Waals surface area contributed by atoms with Gasteiger partial charge in [0.05, 0.1) is 11.3 Å². The lowest BCUT2D eigenvalue weighted by molar-refractivity contribution is 0.619. The van der Waals surface area contributed by atoms with Crippen LogP contribution in [0, 0.1) is 24.1 Å². The number of halogens is 1. The zero-order chi connectivity index (χ0) is 12.3. The van der Waals surface area contributed by atoms with Crippen molar-refractivity contribution in [1.29, 1.82) is 5.26 Å². The third-order valence-electron chi connectivity index (χ3n) is 2.48. The average Bonchev–Trinajstić information content (AvgIpc) is 2.34. The molecule has 0 unspecified atom stereocenters. The van der Waals surface area contributed by atoms with Crippen LogP contribution in [0.4, 0.5) is 15.8 Å². The molecule has 0 spiro atoms. The highest BCUT2D eigenvalue weighted by Gasteiger charge is 2.02. The molecule has 2 aromatic rings. The van der Waals surface area contributed by atoms with E-state index in [-0.39, 0.29) is 5.82 Å². The summed E-state index contributed by atoms with van der Waals surface area (Å²) in [5, 5.41) is 12.0. The van der Waals surface area contributed by atoms with E-state index in [0.717, 1.165) is 11.4 Å². The predicted molar refractivity (Wildman–Crippen MR) is 65.6 cm³/mol. The van der Waals surface area contributed by atoms with Crippen molar-refractivity contribution in [2.24, 2.45) is 0 Å². The minimum atomic E-state index is -0.232. The van der Waals surface area contributed by atoms with Crippen molar-refractivity contribution in [2.75, 3.05) is 5.32 Å². The summed E-state index contributed by atoms with van der Waals surface area (Å²) in [6.07, 6.45) is 0. The number of anilines is 2. The maximum Gasteiger partial charge on any atom is 0.126 e. The van der Waals surface area contributed by atoms with Crippen LogP contribution in [0.1, 0.15) is 11.1 Å². The molecular formula is C14H11FN2. The van der Waals surface area contributed by atoms with Crippen LogP contribution in [0.15, 0.2) is 42.5 Å². The Morgan fingerprint density at radius 1 is 1.18 bits per heavy atom. The van der Waals surface area contributed by atoms with Gasteiger partial charge in [-0.25, -0.2) is 4.39 Å². The highest BCUT2D eigenvalue weighted by atomic mass is 19.1. The van der Waals surface area contributed by atoms with E-state index >= 15 is 0 Å². The Balaban J connectivity index is 2.32. The van der Waals surface area contributed by atoms with Gasteiger partial charge in [-0.1, -0.05) is 12.1 Å². The number of aryl methyl sites for hydroxylation is 1. The first kappa shape index (κ1) is 11.2. The third kappa shape index (κ3) is 2.43. The summed E-state index contributed by atoms with van der Waals surface area (Å²) in [6, 6.07) is 14.1. The smallest absolute Gasteiger partial charge is 0.126 e. The molecule has 0 bridgehead atoms. The SMILES string of the molecule is Cc1cc(Nc2ccccc2C#N)ccc1F. The van der Waals surface area contributed by atoms with Crippen LogP contribution in [0.3, 0.4) is 0 Å². The van der Waals surface area contributed by atoms with Gasteiger partial charge in [0.15, 0.2) is 0 Å². The molecule has 0 atom stereocenters. The minimum Gasteiger partial charge on any atom is -0.354 e. The summed E-state index contributed by atoms with van der Waals surface area (Å²) >= 11 is 0. The Bertz CT molecular complexity index is 585. The first-order valence-corrected chi connectivity index (χ1v) is 5.23. The molecule has 2 rings (SSSR count). The quantitative estimate of drug-likeness (QED) is 0.846. The fourth-order valence-electron chi connectivity index (χ4n) is 1.57. The topological polar surface area (TPSA) is 35.8 Å². The second-order valence-electron chi connectivity index (χ2n) is 3.75. The number of benzene rings is 2. The molecule has 0 aliphatic rings. The second kappa shape index (κ2) is 4.67. The lowest BCUT2D eigenvalue weighted by Crippen LogP contribution is -1.94. The van der Waals surface area contributed by atoms with Gasteiger partial charge in [-0.15, -0.1) is 0 Å². The normalized spacial score (nSPS) is 9.71. The molecule has 0 aromatic heterocycles. The molecule has 2 aromatic carbocycles. The van der Waals surface area contributed by atoms with E-state index in [0.29, 0.717) is 11.1 Å². The summed E-state index contributed by atoms with van der Waals surface area (Å²) in [6.45, 7) is 1.71. The van der Waals surface area contributed by atoms with Crippen molar-refractivity contribution in [2.45, 2.75) is 6.92 Å². The number of para-hydroxylation sites is 1. The van der Waals surface area contributed by atoms with E-state index in [1.807, 2.05) is 12.1 Å². The second-order valence-corrected chi connectivity index (χ2v) is 3.75. The first-order chi connectivity index (χ1) is 8.20. The summed E-state index contributed by atoms with van der Waals surface area (Å²) in [5.74, 6) is -0.232. The van der Waals surface area contributed by atoms with E-state index in [4.69, 9.17) is 5.26 Å². The highest BCUT2D eigenvalue weighted by Crippen LogP contribution is 2.21. The Labute approximate surface area is 99.3 Å². The van der Waals surface area contributed by atoms with Crippen LogP contribution in [-0.4, -0.2) is 0 Å². The van der Waals surface area contributed by atoms with Crippen LogP contribution in [0.2, 0.25) is 0 Å². The molecule has 1 N–H and O–H groups in total. The maximum absolute atomic E-state index is 13.1. The Hall–Kier alpha value is -2.34. The van der Waals surface area contributed by atoms with Gasteiger partial charge in [-0.2, -0.15) is 5.26 Å². The number of nitrogens with zero attached hydrogens (tertiary/aromatic N) is 1. The summed E-state index contributed by atoms with van der Waals surface area (Å²) in [5.41, 5.74) is 2.63. The third-order valence-corrected chi connectivity index (χ3v) is 2.48. The fraction of sp³-hybridized carbons (Fsp3) is 0.0714. The van der Waals surface area contributed by atoms with Gasteiger partial charge in [-0.05, 0) is 42.8 Å². The molecule has 2 nitrogen and oxygen atoms in total. The highest BCUT2D eigenvalue weighted by molar-refractivity contribution is 5.66. The molecule has 17 heavy (non-hydrogen) atoms. The van der Waals surface area contributed by atoms with E-state index in [2.05, 4.69) is 11.4 Å². The predicted octanol–water partition coefficient (Wildman–Crippen LogP) is 3.75. The van der Waals surface area contributed by atoms with E-state index < -0.39 is 0 Å². The van der Waals surface area contributed by atoms with E-state index in [1.54, 1.807) is 31.2 Å². The van der Waals surface area contributed by atoms with Crippen molar-refractivity contribution in [3.8, 4) is 6.07 Å². The molecule has 0 aliphatic heterocycles. The van der Waals surface area contributed by atoms with Crippen LogP contribution >= 0.6 is 0 Å². The van der Waals surface area contributed by atoms with Gasteiger partial charge in [0.2, 0.25) is 0 Å². The lowest BCUT2D eigenvalue weighted by atomic mass is 10.1. The van der Waals surface area contributed by atoms with Gasteiger partial charge in [0.25, 0.3) is 0 Å². The molecule has 3 heteroatoms. The molecule has 84 valence electrons. The number of hydrogen-bond donors (Lipinski definition) is 1. The molecule has 0 saturated heterocycles. The lowest BCUT2D eigenvalue weighted by Gasteiger charge is -2.08. The van der Waals surface area contributed by atoms with Crippen LogP contribution in [-0.2, 0) is 0 Å². The molecule has 0 radical (unpaired) electrons. The molecular weight excluding hydrogens is 215 g/mol. The summed E-state index contributed by atoms with van der Waals surface area (Å²) in [7, 11) is 0. The van der Waals surface area contributed by atoms with Crippen LogP contribution in [0.5, 0.6) is 0 Å². The summed E-state index contributed by atoms with van der Waals surface area (Å²) < 4.78 is 13.1. The Morgan fingerprint density at radius 2 is 1.94 bits per heavy atom. The van der Waals surface area contributed by atoms with Gasteiger partial charge < -0.3 is 5.32 Å². The van der Waals surface area contributed by atoms with Crippen molar-refractivity contribution >= 4 is 11.4 Å². The molecule has 0 aliphatic carbocycles. The average molecular weight is 226 g/mol. The van der Waals surface area contributed by atoms with Crippen LogP contribution < -0.4 is 5.32 Å². The van der Waals surface area contributed by atoms with Crippen molar-refractivity contribution in [3.63, 3.8) is 0 Å². The number of nitrogens with one attached hydrogen (secondary N) is 1. The van der Waals surface area contributed by atoms with Crippen molar-refractivity contribution in [1.82, 2.24) is 0 Å². The summed E-state index contributed by atoms with van der Waals surface area (Å²) in [4.78, 5) is 0. The van der Waals surface area contributed by atoms with Gasteiger partial charge in [0, 0.05) is 5.69 Å². The standard InChI is InChI=1S/C14H11FN2/c1-10-8-12(6-7-13(10)15)17-14-5-3-2-4-11(14)9-16/h2-8,17H,1H3. The number of rotatable bonds is 2. The number of nitriles is 1. The largest absolute Gasteiger partial charge is 0.354 e.